The Labute approximate surface area is 167 Å². The molecular weight excluding hydrogens is 368 g/mol. The van der Waals surface area contributed by atoms with Crippen LogP contribution in [0.4, 0.5) is 11.6 Å². The largest absolute Gasteiger partial charge is 0.363 e. The van der Waals surface area contributed by atoms with E-state index in [9.17, 15) is 0 Å². The first-order valence-electron chi connectivity index (χ1n) is 9.10. The van der Waals surface area contributed by atoms with Gasteiger partial charge in [-0.2, -0.15) is 5.10 Å². The average Bonchev–Trinajstić information content (AvgIpc) is 3.32. The number of nitrogens with one attached hydrogen (secondary N) is 2. The molecule has 0 radical (unpaired) electrons. The van der Waals surface area contributed by atoms with Crippen molar-refractivity contribution in [3.8, 4) is 11.3 Å². The van der Waals surface area contributed by atoms with Crippen LogP contribution < -0.4 is 5.32 Å². The summed E-state index contributed by atoms with van der Waals surface area (Å²) in [6.45, 7) is 1.32. The second-order valence-corrected chi connectivity index (χ2v) is 7.05. The van der Waals surface area contributed by atoms with Crippen LogP contribution in [0.3, 0.4) is 0 Å². The van der Waals surface area contributed by atoms with Crippen molar-refractivity contribution in [2.75, 3.05) is 19.4 Å². The van der Waals surface area contributed by atoms with Gasteiger partial charge in [-0.3, -0.25) is 4.68 Å². The van der Waals surface area contributed by atoms with Crippen molar-refractivity contribution in [1.29, 1.82) is 5.53 Å². The minimum atomic E-state index is 0.245. The fraction of sp³-hybridized carbons (Fsp3) is 0.263. The first-order chi connectivity index (χ1) is 14.0. The predicted octanol–water partition coefficient (Wildman–Crippen LogP) is 2.86. The van der Waals surface area contributed by atoms with Crippen LogP contribution >= 0.6 is 0 Å². The molecule has 2 N–H and O–H groups in total. The highest BCUT2D eigenvalue weighted by atomic mass is 15.2. The summed E-state index contributed by atoms with van der Waals surface area (Å²) in [6, 6.07) is 4.01. The van der Waals surface area contributed by atoms with Crippen LogP contribution in [0.2, 0.25) is 0 Å². The number of aryl methyl sites for hydroxylation is 1. The third kappa shape index (κ3) is 3.97. The Hall–Kier alpha value is -3.66. The highest BCUT2D eigenvalue weighted by molar-refractivity contribution is 5.63. The predicted molar refractivity (Wildman–Crippen MR) is 109 cm³/mol. The normalized spacial score (nSPS) is 11.3. The van der Waals surface area contributed by atoms with Crippen molar-refractivity contribution in [3.05, 3.63) is 54.4 Å². The van der Waals surface area contributed by atoms with E-state index >= 15 is 0 Å². The van der Waals surface area contributed by atoms with E-state index in [0.717, 1.165) is 29.0 Å². The third-order valence-corrected chi connectivity index (χ3v) is 4.44. The van der Waals surface area contributed by atoms with Crippen LogP contribution in [-0.4, -0.2) is 48.1 Å². The van der Waals surface area contributed by atoms with Crippen molar-refractivity contribution in [3.63, 3.8) is 0 Å². The Kier molecular flexibility index (Phi) is 5.00. The first-order valence-corrected chi connectivity index (χ1v) is 9.10. The van der Waals surface area contributed by atoms with Gasteiger partial charge in [0.1, 0.15) is 5.65 Å². The molecule has 10 nitrogen and oxygen atoms in total. The lowest BCUT2D eigenvalue weighted by Gasteiger charge is -2.11. The molecule has 29 heavy (non-hydrogen) atoms. The molecule has 0 aromatic carbocycles. The van der Waals surface area contributed by atoms with Crippen LogP contribution in [0.5, 0.6) is 0 Å². The van der Waals surface area contributed by atoms with Crippen LogP contribution in [0.25, 0.3) is 16.9 Å². The van der Waals surface area contributed by atoms with E-state index in [1.54, 1.807) is 17.1 Å². The molecule has 0 saturated carbocycles. The smallest absolute Gasteiger partial charge is 0.216 e. The molecule has 0 unspecified atom stereocenters. The maximum atomic E-state index is 7.38. The highest BCUT2D eigenvalue weighted by Gasteiger charge is 2.11. The zero-order valence-electron chi connectivity index (χ0n) is 16.5. The van der Waals surface area contributed by atoms with E-state index in [1.165, 1.54) is 0 Å². The molecule has 10 heteroatoms. The average molecular weight is 390 g/mol. The number of anilines is 1. The van der Waals surface area contributed by atoms with Crippen molar-refractivity contribution in [2.45, 2.75) is 13.1 Å². The molecule has 0 bridgehead atoms. The Morgan fingerprint density at radius 3 is 2.72 bits per heavy atom. The van der Waals surface area contributed by atoms with Crippen LogP contribution in [-0.2, 0) is 20.1 Å². The molecule has 0 fully saturated rings. The Bertz CT molecular complexity index is 1160. The van der Waals surface area contributed by atoms with Crippen LogP contribution in [0.1, 0.15) is 11.3 Å². The zero-order valence-corrected chi connectivity index (χ0v) is 16.5. The van der Waals surface area contributed by atoms with Gasteiger partial charge in [0, 0.05) is 38.1 Å². The summed E-state index contributed by atoms with van der Waals surface area (Å²) < 4.78 is 3.79. The SMILES string of the molecule is CN(C)Cc1cnc2ccc(CNc3nc(-c4cnn(C)c4)cnc3N=N)cn12. The fourth-order valence-electron chi connectivity index (χ4n) is 3.08. The van der Waals surface area contributed by atoms with Gasteiger partial charge in [-0.15, -0.1) is 5.11 Å². The summed E-state index contributed by atoms with van der Waals surface area (Å²) in [4.78, 5) is 15.4. The molecule has 0 atom stereocenters. The molecule has 0 aliphatic carbocycles. The number of nitrogens with zero attached hydrogens (tertiary/aromatic N) is 8. The quantitative estimate of drug-likeness (QED) is 0.469. The number of rotatable bonds is 7. The Morgan fingerprint density at radius 2 is 2.00 bits per heavy atom. The molecule has 0 saturated heterocycles. The maximum Gasteiger partial charge on any atom is 0.216 e. The van der Waals surface area contributed by atoms with Gasteiger partial charge in [0.25, 0.3) is 0 Å². The second kappa shape index (κ2) is 7.76. The summed E-state index contributed by atoms with van der Waals surface area (Å²) in [5.41, 5.74) is 12.0. The number of pyridine rings is 1. The van der Waals surface area contributed by atoms with E-state index in [4.69, 9.17) is 5.53 Å². The van der Waals surface area contributed by atoms with E-state index in [2.05, 4.69) is 46.0 Å². The summed E-state index contributed by atoms with van der Waals surface area (Å²) in [5.74, 6) is 0.704. The molecule has 0 amide bonds. The number of hydrogen-bond acceptors (Lipinski definition) is 8. The van der Waals surface area contributed by atoms with Gasteiger partial charge >= 0.3 is 0 Å². The minimum absolute atomic E-state index is 0.245. The van der Waals surface area contributed by atoms with Crippen molar-refractivity contribution in [2.24, 2.45) is 12.2 Å². The van der Waals surface area contributed by atoms with Gasteiger partial charge in [-0.05, 0) is 25.7 Å². The lowest BCUT2D eigenvalue weighted by molar-refractivity contribution is 0.395. The topological polar surface area (TPSA) is 112 Å². The van der Waals surface area contributed by atoms with Crippen molar-refractivity contribution in [1.82, 2.24) is 34.0 Å². The first kappa shape index (κ1) is 18.7. The van der Waals surface area contributed by atoms with Crippen LogP contribution in [0, 0.1) is 5.53 Å². The lowest BCUT2D eigenvalue weighted by Crippen LogP contribution is -2.12. The summed E-state index contributed by atoms with van der Waals surface area (Å²) in [5, 5.41) is 10.9. The molecule has 148 valence electrons. The van der Waals surface area contributed by atoms with Gasteiger partial charge in [-0.25, -0.2) is 20.5 Å². The second-order valence-electron chi connectivity index (χ2n) is 7.05. The van der Waals surface area contributed by atoms with Gasteiger partial charge in [0.15, 0.2) is 5.82 Å². The number of hydrogen-bond donors (Lipinski definition) is 2. The van der Waals surface area contributed by atoms with Gasteiger partial charge in [-0.1, -0.05) is 6.07 Å². The van der Waals surface area contributed by atoms with Crippen molar-refractivity contribution >= 4 is 17.3 Å². The molecule has 4 aromatic heterocycles. The summed E-state index contributed by atoms with van der Waals surface area (Å²) >= 11 is 0. The summed E-state index contributed by atoms with van der Waals surface area (Å²) in [7, 11) is 5.91. The third-order valence-electron chi connectivity index (χ3n) is 4.44. The van der Waals surface area contributed by atoms with E-state index < -0.39 is 0 Å². The number of fused-ring (bicyclic) bond motifs is 1. The van der Waals surface area contributed by atoms with Crippen molar-refractivity contribution < 1.29 is 0 Å². The molecule has 0 aliphatic rings. The highest BCUT2D eigenvalue weighted by Crippen LogP contribution is 2.25. The molecule has 4 rings (SSSR count). The van der Waals surface area contributed by atoms with Gasteiger partial charge in [0.05, 0.1) is 30.0 Å². The standard InChI is InChI=1S/C19H22N10/c1-27(2)12-15-8-21-17-5-4-13(10-29(15)17)6-22-18-19(26-20)23-9-16(25-18)14-7-24-28(3)11-14/h4-5,7-11,20H,6,12H2,1-3H3,(H,22,25). The fourth-order valence-corrected chi connectivity index (χ4v) is 3.08. The van der Waals surface area contributed by atoms with Gasteiger partial charge in [0.2, 0.25) is 5.82 Å². The molecular formula is C19H22N10. The molecule has 4 heterocycles. The van der Waals surface area contributed by atoms with E-state index in [0.29, 0.717) is 18.1 Å². The lowest BCUT2D eigenvalue weighted by atomic mass is 10.2. The molecule has 0 aliphatic heterocycles. The zero-order chi connectivity index (χ0) is 20.4. The maximum absolute atomic E-state index is 7.38. The molecule has 4 aromatic rings. The number of imidazole rings is 1. The Morgan fingerprint density at radius 1 is 1.14 bits per heavy atom. The minimum Gasteiger partial charge on any atom is -0.363 e. The monoisotopic (exact) mass is 390 g/mol. The van der Waals surface area contributed by atoms with E-state index in [-0.39, 0.29) is 5.82 Å². The van der Waals surface area contributed by atoms with Gasteiger partial charge < -0.3 is 14.6 Å². The molecule has 0 spiro atoms. The Balaban J connectivity index is 1.58. The van der Waals surface area contributed by atoms with E-state index in [1.807, 2.05) is 45.7 Å². The van der Waals surface area contributed by atoms with Crippen LogP contribution in [0.15, 0.2) is 48.2 Å². The number of aromatic nitrogens is 6. The summed E-state index contributed by atoms with van der Waals surface area (Å²) in [6.07, 6.45) is 9.15.